The van der Waals surface area contributed by atoms with Crippen LogP contribution < -0.4 is 15.0 Å². The summed E-state index contributed by atoms with van der Waals surface area (Å²) in [6.45, 7) is 6.29. The Morgan fingerprint density at radius 1 is 1.56 bits per heavy atom. The zero-order valence-electron chi connectivity index (χ0n) is 11.2. The minimum atomic E-state index is 0.0214. The van der Waals surface area contributed by atoms with Crippen LogP contribution in [0.1, 0.15) is 25.3 Å². The number of nitrogens with one attached hydrogen (secondary N) is 1. The number of carbonyl (C=O) groups excluding carboxylic acids is 1. The molecule has 1 aliphatic heterocycles. The van der Waals surface area contributed by atoms with E-state index in [0.29, 0.717) is 12.5 Å². The van der Waals surface area contributed by atoms with Crippen molar-refractivity contribution >= 4 is 11.6 Å². The van der Waals surface area contributed by atoms with Gasteiger partial charge in [-0.15, -0.1) is 0 Å². The van der Waals surface area contributed by atoms with Crippen molar-refractivity contribution in [2.45, 2.75) is 19.8 Å². The van der Waals surface area contributed by atoms with Gasteiger partial charge in [0.05, 0.1) is 7.11 Å². The first kappa shape index (κ1) is 12.7. The summed E-state index contributed by atoms with van der Waals surface area (Å²) in [7, 11) is 1.68. The van der Waals surface area contributed by atoms with Gasteiger partial charge in [-0.3, -0.25) is 4.79 Å². The average molecular weight is 248 g/mol. The Hall–Kier alpha value is -1.71. The van der Waals surface area contributed by atoms with Crippen molar-refractivity contribution in [3.8, 4) is 5.75 Å². The Labute approximate surface area is 108 Å². The maximum absolute atomic E-state index is 10.9. The molecule has 1 heterocycles. The number of methoxy groups -OCH3 is 1. The average Bonchev–Trinajstić information content (AvgIpc) is 2.65. The first-order valence-corrected chi connectivity index (χ1v) is 6.29. The maximum Gasteiger partial charge on any atom is 0.216 e. The molecule has 0 spiro atoms. The third-order valence-corrected chi connectivity index (χ3v) is 3.36. The number of hydrogen-bond donors (Lipinski definition) is 1. The number of nitrogens with zero attached hydrogens (tertiary/aromatic N) is 1. The van der Waals surface area contributed by atoms with E-state index in [1.807, 2.05) is 6.07 Å². The molecule has 1 N–H and O–H groups in total. The van der Waals surface area contributed by atoms with Crippen LogP contribution in [0.2, 0.25) is 0 Å². The van der Waals surface area contributed by atoms with E-state index in [2.05, 4.69) is 29.3 Å². The number of anilines is 1. The second-order valence-electron chi connectivity index (χ2n) is 4.75. The van der Waals surface area contributed by atoms with Gasteiger partial charge in [-0.05, 0) is 11.6 Å². The fourth-order valence-corrected chi connectivity index (χ4v) is 2.45. The van der Waals surface area contributed by atoms with Crippen molar-refractivity contribution in [2.75, 3.05) is 31.6 Å². The van der Waals surface area contributed by atoms with Crippen molar-refractivity contribution in [2.24, 2.45) is 0 Å². The van der Waals surface area contributed by atoms with Gasteiger partial charge in [-0.2, -0.15) is 0 Å². The molecule has 0 radical (unpaired) electrons. The molecule has 4 nitrogen and oxygen atoms in total. The molecule has 18 heavy (non-hydrogen) atoms. The minimum absolute atomic E-state index is 0.0214. The molecule has 1 aromatic carbocycles. The van der Waals surface area contributed by atoms with E-state index in [4.69, 9.17) is 4.74 Å². The predicted molar refractivity (Wildman–Crippen MR) is 72.3 cm³/mol. The van der Waals surface area contributed by atoms with Crippen molar-refractivity contribution in [1.82, 2.24) is 5.32 Å². The molecule has 1 unspecified atom stereocenters. The lowest BCUT2D eigenvalue weighted by atomic mass is 10.0. The van der Waals surface area contributed by atoms with Crippen LogP contribution in [0.5, 0.6) is 5.75 Å². The number of ether oxygens (including phenoxy) is 1. The van der Waals surface area contributed by atoms with Crippen molar-refractivity contribution in [3.63, 3.8) is 0 Å². The van der Waals surface area contributed by atoms with Gasteiger partial charge in [-0.1, -0.05) is 13.0 Å². The van der Waals surface area contributed by atoms with Crippen LogP contribution >= 0.6 is 0 Å². The van der Waals surface area contributed by atoms with Gasteiger partial charge >= 0.3 is 0 Å². The first-order chi connectivity index (χ1) is 8.61. The molecule has 4 heteroatoms. The predicted octanol–water partition coefficient (Wildman–Crippen LogP) is 1.75. The summed E-state index contributed by atoms with van der Waals surface area (Å²) in [5, 5.41) is 2.83. The molecule has 0 bridgehead atoms. The molecular weight excluding hydrogens is 228 g/mol. The lowest BCUT2D eigenvalue weighted by Crippen LogP contribution is -2.33. The second-order valence-corrected chi connectivity index (χ2v) is 4.75. The van der Waals surface area contributed by atoms with Crippen LogP contribution in [-0.2, 0) is 4.79 Å². The van der Waals surface area contributed by atoms with E-state index in [-0.39, 0.29) is 5.91 Å². The smallest absolute Gasteiger partial charge is 0.216 e. The molecule has 98 valence electrons. The van der Waals surface area contributed by atoms with E-state index >= 15 is 0 Å². The lowest BCUT2D eigenvalue weighted by Gasteiger charge is -2.20. The van der Waals surface area contributed by atoms with Crippen LogP contribution in [0.4, 0.5) is 5.69 Å². The zero-order chi connectivity index (χ0) is 13.1. The van der Waals surface area contributed by atoms with Crippen LogP contribution in [0, 0.1) is 0 Å². The van der Waals surface area contributed by atoms with E-state index in [0.717, 1.165) is 18.8 Å². The summed E-state index contributed by atoms with van der Waals surface area (Å²) in [6, 6.07) is 6.22. The number of carbonyl (C=O) groups is 1. The quantitative estimate of drug-likeness (QED) is 0.882. The van der Waals surface area contributed by atoms with Gasteiger partial charge < -0.3 is 15.0 Å². The van der Waals surface area contributed by atoms with Crippen molar-refractivity contribution in [1.29, 1.82) is 0 Å². The Morgan fingerprint density at radius 2 is 2.33 bits per heavy atom. The molecule has 1 atom stereocenters. The van der Waals surface area contributed by atoms with Gasteiger partial charge in [0.1, 0.15) is 5.75 Å². The molecule has 1 aromatic rings. The second kappa shape index (κ2) is 5.29. The molecule has 0 aromatic heterocycles. The van der Waals surface area contributed by atoms with Gasteiger partial charge in [-0.25, -0.2) is 0 Å². The van der Waals surface area contributed by atoms with Gasteiger partial charge in [0.15, 0.2) is 0 Å². The number of hydrogen-bond acceptors (Lipinski definition) is 3. The van der Waals surface area contributed by atoms with Gasteiger partial charge in [0, 0.05) is 44.2 Å². The van der Waals surface area contributed by atoms with Gasteiger partial charge in [0.2, 0.25) is 5.91 Å². The molecule has 1 amide bonds. The minimum Gasteiger partial charge on any atom is -0.497 e. The molecule has 0 saturated carbocycles. The van der Waals surface area contributed by atoms with Crippen LogP contribution in [0.15, 0.2) is 18.2 Å². The topological polar surface area (TPSA) is 41.6 Å². The van der Waals surface area contributed by atoms with E-state index in [9.17, 15) is 4.79 Å². The fourth-order valence-electron chi connectivity index (χ4n) is 2.45. The highest BCUT2D eigenvalue weighted by molar-refractivity contribution is 5.72. The molecule has 1 aliphatic rings. The van der Waals surface area contributed by atoms with Crippen molar-refractivity contribution < 1.29 is 9.53 Å². The summed E-state index contributed by atoms with van der Waals surface area (Å²) >= 11 is 0. The molecule has 2 rings (SSSR count). The molecular formula is C14H20N2O2. The number of benzene rings is 1. The van der Waals surface area contributed by atoms with Crippen LogP contribution in [-0.4, -0.2) is 32.7 Å². The molecule has 0 fully saturated rings. The summed E-state index contributed by atoms with van der Waals surface area (Å²) in [4.78, 5) is 13.2. The molecule has 0 aliphatic carbocycles. The third-order valence-electron chi connectivity index (χ3n) is 3.36. The summed E-state index contributed by atoms with van der Waals surface area (Å²) in [6.07, 6.45) is 0. The highest BCUT2D eigenvalue weighted by Gasteiger charge is 2.25. The van der Waals surface area contributed by atoms with Crippen LogP contribution in [0.25, 0.3) is 0 Å². The normalized spacial score (nSPS) is 17.5. The van der Waals surface area contributed by atoms with E-state index < -0.39 is 0 Å². The Kier molecular flexibility index (Phi) is 3.75. The summed E-state index contributed by atoms with van der Waals surface area (Å²) in [5.74, 6) is 1.43. The largest absolute Gasteiger partial charge is 0.497 e. The third kappa shape index (κ3) is 2.58. The van der Waals surface area contributed by atoms with Crippen molar-refractivity contribution in [3.05, 3.63) is 23.8 Å². The summed E-state index contributed by atoms with van der Waals surface area (Å²) < 4.78 is 5.27. The Bertz CT molecular complexity index is 445. The maximum atomic E-state index is 10.9. The number of fused-ring (bicyclic) bond motifs is 1. The SMILES string of the molecule is COc1ccc2c(c1)N(CCNC(C)=O)CC2C. The Balaban J connectivity index is 2.10. The zero-order valence-corrected chi connectivity index (χ0v) is 11.2. The van der Waals surface area contributed by atoms with E-state index in [1.165, 1.54) is 11.3 Å². The lowest BCUT2D eigenvalue weighted by molar-refractivity contribution is -0.118. The van der Waals surface area contributed by atoms with Crippen LogP contribution in [0.3, 0.4) is 0 Å². The highest BCUT2D eigenvalue weighted by Crippen LogP contribution is 2.37. The monoisotopic (exact) mass is 248 g/mol. The number of rotatable bonds is 4. The molecule has 0 saturated heterocycles. The Morgan fingerprint density at radius 3 is 3.00 bits per heavy atom. The standard InChI is InChI=1S/C14H20N2O2/c1-10-9-16(7-6-15-11(2)17)14-8-12(18-3)4-5-13(10)14/h4-5,8,10H,6-7,9H2,1-3H3,(H,15,17). The summed E-state index contributed by atoms with van der Waals surface area (Å²) in [5.41, 5.74) is 2.59. The fraction of sp³-hybridized carbons (Fsp3) is 0.500. The first-order valence-electron chi connectivity index (χ1n) is 6.29. The van der Waals surface area contributed by atoms with Gasteiger partial charge in [0.25, 0.3) is 0 Å². The number of amides is 1. The van der Waals surface area contributed by atoms with E-state index in [1.54, 1.807) is 14.0 Å². The highest BCUT2D eigenvalue weighted by atomic mass is 16.5.